The fourth-order valence-corrected chi connectivity index (χ4v) is 0.955. The van der Waals surface area contributed by atoms with Crippen LogP contribution in [-0.4, -0.2) is 69.0 Å². The highest BCUT2D eigenvalue weighted by Gasteiger charge is 2.33. The maximum absolute atomic E-state index is 11.1. The number of hydrogen-bond acceptors (Lipinski definition) is 6. The molecule has 0 aromatic carbocycles. The summed E-state index contributed by atoms with van der Waals surface area (Å²) in [5, 5.41) is 47.5. The number of nitrogens with one attached hydrogen (secondary N) is 1. The van der Waals surface area contributed by atoms with Gasteiger partial charge in [0.2, 0.25) is 0 Å². The number of carbonyl (C=O) groups excluding carboxylic acids is 1. The first kappa shape index (κ1) is 15.0. The molecule has 0 radical (unpaired) electrons. The molecule has 0 saturated carbocycles. The van der Waals surface area contributed by atoms with E-state index >= 15 is 0 Å². The maximum Gasteiger partial charge on any atom is 0.251 e. The summed E-state index contributed by atoms with van der Waals surface area (Å²) < 4.78 is 0. The van der Waals surface area contributed by atoms with Gasteiger partial charge in [0.1, 0.15) is 18.3 Å². The van der Waals surface area contributed by atoms with Crippen LogP contribution in [0, 0.1) is 0 Å². The number of aliphatic hydroxyl groups excluding tert-OH is 5. The molecule has 0 aliphatic heterocycles. The topological polar surface area (TPSA) is 130 Å². The van der Waals surface area contributed by atoms with Crippen molar-refractivity contribution in [3.63, 3.8) is 0 Å². The average Bonchev–Trinajstić information content (AvgIpc) is 2.31. The van der Waals surface area contributed by atoms with Gasteiger partial charge in [-0.1, -0.05) is 6.08 Å². The summed E-state index contributed by atoms with van der Waals surface area (Å²) in [5.41, 5.74) is 0. The maximum atomic E-state index is 11.1. The van der Waals surface area contributed by atoms with Gasteiger partial charge >= 0.3 is 0 Å². The van der Waals surface area contributed by atoms with E-state index in [0.717, 1.165) is 0 Å². The molecule has 1 amide bonds. The van der Waals surface area contributed by atoms with Crippen LogP contribution in [0.2, 0.25) is 0 Å². The fraction of sp³-hybridized carbons (Fsp3) is 0.667. The van der Waals surface area contributed by atoms with Gasteiger partial charge in [-0.15, -0.1) is 6.58 Å². The number of amides is 1. The molecule has 4 atom stereocenters. The van der Waals surface area contributed by atoms with Gasteiger partial charge in [-0.3, -0.25) is 4.79 Å². The van der Waals surface area contributed by atoms with Gasteiger partial charge in [0, 0.05) is 6.54 Å². The van der Waals surface area contributed by atoms with Crippen LogP contribution in [-0.2, 0) is 4.79 Å². The molecule has 4 unspecified atom stereocenters. The second-order valence-corrected chi connectivity index (χ2v) is 3.21. The Hall–Kier alpha value is -0.990. The molecule has 0 aliphatic carbocycles. The van der Waals surface area contributed by atoms with Gasteiger partial charge in [0.25, 0.3) is 5.91 Å². The number of carbonyl (C=O) groups is 1. The smallest absolute Gasteiger partial charge is 0.251 e. The van der Waals surface area contributed by atoms with E-state index in [1.54, 1.807) is 0 Å². The third-order valence-corrected chi connectivity index (χ3v) is 1.94. The first-order valence-electron chi connectivity index (χ1n) is 4.67. The van der Waals surface area contributed by atoms with Crippen LogP contribution in [0.5, 0.6) is 0 Å². The average molecular weight is 235 g/mol. The van der Waals surface area contributed by atoms with Crippen LogP contribution in [0.15, 0.2) is 12.7 Å². The Labute approximate surface area is 92.7 Å². The molecule has 0 spiro atoms. The molecule has 0 bridgehead atoms. The predicted octanol–water partition coefficient (Wildman–Crippen LogP) is -3.28. The highest BCUT2D eigenvalue weighted by atomic mass is 16.4. The minimum Gasteiger partial charge on any atom is -0.394 e. The zero-order chi connectivity index (χ0) is 12.7. The molecule has 16 heavy (non-hydrogen) atoms. The van der Waals surface area contributed by atoms with E-state index in [-0.39, 0.29) is 6.54 Å². The van der Waals surface area contributed by atoms with Crippen LogP contribution in [0.4, 0.5) is 0 Å². The summed E-state index contributed by atoms with van der Waals surface area (Å²) >= 11 is 0. The largest absolute Gasteiger partial charge is 0.394 e. The third kappa shape index (κ3) is 4.25. The Morgan fingerprint density at radius 1 is 1.25 bits per heavy atom. The molecule has 0 rings (SSSR count). The summed E-state index contributed by atoms with van der Waals surface area (Å²) in [7, 11) is 0. The van der Waals surface area contributed by atoms with Crippen molar-refractivity contribution in [1.82, 2.24) is 5.32 Å². The van der Waals surface area contributed by atoms with E-state index < -0.39 is 36.9 Å². The van der Waals surface area contributed by atoms with Crippen LogP contribution >= 0.6 is 0 Å². The number of aliphatic hydroxyl groups is 5. The lowest BCUT2D eigenvalue weighted by Crippen LogP contribution is -2.51. The zero-order valence-corrected chi connectivity index (χ0v) is 8.65. The molecule has 0 aliphatic rings. The molecular weight excluding hydrogens is 218 g/mol. The van der Waals surface area contributed by atoms with Crippen molar-refractivity contribution in [2.45, 2.75) is 24.4 Å². The Balaban J connectivity index is 4.30. The van der Waals surface area contributed by atoms with Crippen molar-refractivity contribution in [2.75, 3.05) is 13.2 Å². The summed E-state index contributed by atoms with van der Waals surface area (Å²) in [5.74, 6) is -0.906. The fourth-order valence-electron chi connectivity index (χ4n) is 0.955. The Morgan fingerprint density at radius 3 is 2.25 bits per heavy atom. The van der Waals surface area contributed by atoms with Crippen molar-refractivity contribution in [3.05, 3.63) is 12.7 Å². The molecule has 0 aromatic rings. The Kier molecular flexibility index (Phi) is 6.86. The lowest BCUT2D eigenvalue weighted by molar-refractivity contribution is -0.148. The lowest BCUT2D eigenvalue weighted by Gasteiger charge is -2.24. The van der Waals surface area contributed by atoms with Crippen LogP contribution in [0.1, 0.15) is 0 Å². The van der Waals surface area contributed by atoms with E-state index in [1.807, 2.05) is 0 Å². The monoisotopic (exact) mass is 235 g/mol. The van der Waals surface area contributed by atoms with E-state index in [1.165, 1.54) is 6.08 Å². The lowest BCUT2D eigenvalue weighted by atomic mass is 10.0. The van der Waals surface area contributed by atoms with Crippen molar-refractivity contribution in [2.24, 2.45) is 0 Å². The van der Waals surface area contributed by atoms with E-state index in [0.29, 0.717) is 0 Å². The first-order valence-corrected chi connectivity index (χ1v) is 4.67. The molecule has 0 heterocycles. The summed E-state index contributed by atoms with van der Waals surface area (Å²) in [4.78, 5) is 11.1. The Morgan fingerprint density at radius 2 is 1.81 bits per heavy atom. The highest BCUT2D eigenvalue weighted by Crippen LogP contribution is 2.05. The number of hydrogen-bond donors (Lipinski definition) is 6. The van der Waals surface area contributed by atoms with Crippen LogP contribution in [0.25, 0.3) is 0 Å². The second kappa shape index (κ2) is 7.31. The molecule has 94 valence electrons. The molecule has 7 nitrogen and oxygen atoms in total. The van der Waals surface area contributed by atoms with E-state index in [4.69, 9.17) is 10.2 Å². The van der Waals surface area contributed by atoms with Gasteiger partial charge in [0.05, 0.1) is 6.61 Å². The minimum absolute atomic E-state index is 0.0985. The van der Waals surface area contributed by atoms with Gasteiger partial charge in [-0.2, -0.15) is 0 Å². The van der Waals surface area contributed by atoms with E-state index in [9.17, 15) is 20.1 Å². The van der Waals surface area contributed by atoms with Gasteiger partial charge in [-0.05, 0) is 0 Å². The first-order chi connectivity index (χ1) is 7.45. The van der Waals surface area contributed by atoms with Crippen molar-refractivity contribution < 1.29 is 30.3 Å². The molecule has 6 N–H and O–H groups in total. The van der Waals surface area contributed by atoms with Crippen LogP contribution in [0.3, 0.4) is 0 Å². The normalized spacial score (nSPS) is 18.3. The highest BCUT2D eigenvalue weighted by molar-refractivity contribution is 5.81. The van der Waals surface area contributed by atoms with Crippen molar-refractivity contribution >= 4 is 5.91 Å². The molecule has 0 aromatic heterocycles. The molecule has 0 fully saturated rings. The quantitative estimate of drug-likeness (QED) is 0.257. The van der Waals surface area contributed by atoms with Gasteiger partial charge in [-0.25, -0.2) is 0 Å². The minimum atomic E-state index is -1.89. The Bertz CT molecular complexity index is 234. The number of rotatable bonds is 7. The SMILES string of the molecule is C=CCNC(=O)C(O)C(O)C(O)C(O)CO. The van der Waals surface area contributed by atoms with Crippen molar-refractivity contribution in [3.8, 4) is 0 Å². The van der Waals surface area contributed by atoms with Crippen molar-refractivity contribution in [1.29, 1.82) is 0 Å². The standard InChI is InChI=1S/C9H17NO6/c1-2-3-10-9(16)8(15)7(14)6(13)5(12)4-11/h2,5-8,11-15H,1,3-4H2,(H,10,16). The second-order valence-electron chi connectivity index (χ2n) is 3.21. The van der Waals surface area contributed by atoms with E-state index in [2.05, 4.69) is 11.9 Å². The van der Waals surface area contributed by atoms with Gasteiger partial charge < -0.3 is 30.8 Å². The molecular formula is C9H17NO6. The van der Waals surface area contributed by atoms with Gasteiger partial charge in [0.15, 0.2) is 6.10 Å². The zero-order valence-electron chi connectivity index (χ0n) is 8.65. The third-order valence-electron chi connectivity index (χ3n) is 1.94. The summed E-state index contributed by atoms with van der Waals surface area (Å²) in [6.07, 6.45) is -5.84. The summed E-state index contributed by atoms with van der Waals surface area (Å²) in [6.45, 7) is 2.64. The summed E-state index contributed by atoms with van der Waals surface area (Å²) in [6, 6.07) is 0. The predicted molar refractivity (Wildman–Crippen MR) is 54.3 cm³/mol. The molecule has 7 heteroatoms. The molecule has 0 saturated heterocycles. The van der Waals surface area contributed by atoms with Crippen LogP contribution < -0.4 is 5.32 Å².